The minimum Gasteiger partial charge on any atom is -1.00 e. The summed E-state index contributed by atoms with van der Waals surface area (Å²) in [5.74, 6) is 0.920. The molecule has 0 radical (unpaired) electrons. The topological polar surface area (TPSA) is 9.23 Å². The number of hydrogen-bond acceptors (Lipinski definition) is 1. The van der Waals surface area contributed by atoms with Crippen molar-refractivity contribution in [2.24, 2.45) is 0 Å². The fourth-order valence-electron chi connectivity index (χ4n) is 1.23. The Morgan fingerprint density at radius 3 is 2.50 bits per heavy atom. The Bertz CT molecular complexity index is 373. The van der Waals surface area contributed by atoms with Crippen LogP contribution in [0.3, 0.4) is 0 Å². The van der Waals surface area contributed by atoms with Crippen molar-refractivity contribution < 1.29 is 55.4 Å². The summed E-state index contributed by atoms with van der Waals surface area (Å²) in [6.07, 6.45) is 0. The van der Waals surface area contributed by atoms with Gasteiger partial charge in [0, 0.05) is 25.8 Å². The van der Waals surface area contributed by atoms with Crippen molar-refractivity contribution in [1.82, 2.24) is 0 Å². The first kappa shape index (κ1) is 16.5. The maximum Gasteiger partial charge on any atom is 0.0999 e. The normalized spacial score (nSPS) is 8.07. The van der Waals surface area contributed by atoms with Crippen molar-refractivity contribution in [1.29, 1.82) is 0 Å². The summed E-state index contributed by atoms with van der Waals surface area (Å²) in [7, 11) is 1.68. The van der Waals surface area contributed by atoms with Crippen molar-refractivity contribution in [3.8, 4) is 5.75 Å². The molecular weight excluding hydrogens is 386 g/mol. The van der Waals surface area contributed by atoms with Crippen LogP contribution in [0.1, 0.15) is 0 Å². The van der Waals surface area contributed by atoms with Crippen LogP contribution in [0.2, 0.25) is 0 Å². The molecule has 0 atom stereocenters. The molecule has 76 valence electrons. The van der Waals surface area contributed by atoms with Crippen molar-refractivity contribution in [2.75, 3.05) is 7.11 Å². The predicted octanol–water partition coefficient (Wildman–Crippen LogP) is -3.43. The first-order valence-corrected chi connectivity index (χ1v) is 3.59. The van der Waals surface area contributed by atoms with Crippen LogP contribution in [0.15, 0.2) is 36.4 Å². The largest absolute Gasteiger partial charge is 1.00 e. The second kappa shape index (κ2) is 7.38. The SMILES string of the molecule is COc1ccc2[cH-]ccc2c1.[Cl-].[Cl-].[Hf]. The quantitative estimate of drug-likeness (QED) is 0.362. The average molecular weight is 395 g/mol. The second-order valence-corrected chi connectivity index (χ2v) is 2.52. The number of benzene rings is 1. The van der Waals surface area contributed by atoms with Crippen LogP contribution >= 0.6 is 0 Å². The zero-order valence-electron chi connectivity index (χ0n) is 7.63. The van der Waals surface area contributed by atoms with Gasteiger partial charge in [0.15, 0.2) is 0 Å². The van der Waals surface area contributed by atoms with Crippen molar-refractivity contribution in [2.45, 2.75) is 0 Å². The molecule has 0 aliphatic carbocycles. The first-order chi connectivity index (χ1) is 5.40. The molecule has 0 aliphatic rings. The summed E-state index contributed by atoms with van der Waals surface area (Å²) < 4.78 is 5.09. The molecule has 14 heavy (non-hydrogen) atoms. The molecule has 0 aliphatic heterocycles. The van der Waals surface area contributed by atoms with Crippen LogP contribution in [0.25, 0.3) is 10.8 Å². The Hall–Kier alpha value is 0.0801. The molecule has 0 heterocycles. The van der Waals surface area contributed by atoms with E-state index in [9.17, 15) is 0 Å². The van der Waals surface area contributed by atoms with Crippen LogP contribution < -0.4 is 29.6 Å². The molecule has 0 N–H and O–H groups in total. The van der Waals surface area contributed by atoms with E-state index >= 15 is 0 Å². The molecule has 2 aromatic rings. The Labute approximate surface area is 115 Å². The molecule has 0 bridgehead atoms. The molecule has 2 aromatic carbocycles. The van der Waals surface area contributed by atoms with Gasteiger partial charge >= 0.3 is 0 Å². The maximum atomic E-state index is 5.09. The van der Waals surface area contributed by atoms with E-state index in [1.165, 1.54) is 10.8 Å². The van der Waals surface area contributed by atoms with Gasteiger partial charge in [0.25, 0.3) is 0 Å². The Balaban J connectivity index is 0. The molecule has 4 heteroatoms. The molecule has 0 spiro atoms. The third kappa shape index (κ3) is 3.34. The van der Waals surface area contributed by atoms with E-state index < -0.39 is 0 Å². The molecule has 2 rings (SSSR count). The van der Waals surface area contributed by atoms with Crippen LogP contribution in [0.5, 0.6) is 5.75 Å². The number of hydrogen-bond donors (Lipinski definition) is 0. The summed E-state index contributed by atoms with van der Waals surface area (Å²) in [6.45, 7) is 0. The van der Waals surface area contributed by atoms with Gasteiger partial charge in [-0.2, -0.15) is 12.1 Å². The second-order valence-electron chi connectivity index (χ2n) is 2.52. The van der Waals surface area contributed by atoms with Gasteiger partial charge in [-0.1, -0.05) is 12.1 Å². The minimum atomic E-state index is 0. The molecule has 0 fully saturated rings. The van der Waals surface area contributed by atoms with Gasteiger partial charge < -0.3 is 29.6 Å². The van der Waals surface area contributed by atoms with E-state index in [4.69, 9.17) is 4.74 Å². The number of halogens is 2. The van der Waals surface area contributed by atoms with Gasteiger partial charge in [-0.05, 0) is 0 Å². The van der Waals surface area contributed by atoms with E-state index in [0.29, 0.717) is 0 Å². The summed E-state index contributed by atoms with van der Waals surface area (Å²) in [4.78, 5) is 0. The number of ether oxygens (including phenoxy) is 1. The van der Waals surface area contributed by atoms with E-state index in [-0.39, 0.29) is 50.7 Å². The number of methoxy groups -OCH3 is 1. The Morgan fingerprint density at radius 1 is 1.14 bits per heavy atom. The third-order valence-electron chi connectivity index (χ3n) is 1.85. The smallest absolute Gasteiger partial charge is 0.0999 e. The van der Waals surface area contributed by atoms with Gasteiger partial charge in [0.2, 0.25) is 0 Å². The van der Waals surface area contributed by atoms with Crippen molar-refractivity contribution in [3.63, 3.8) is 0 Å². The first-order valence-electron chi connectivity index (χ1n) is 3.59. The van der Waals surface area contributed by atoms with Crippen LogP contribution in [-0.2, 0) is 25.8 Å². The Kier molecular flexibility index (Phi) is 8.70. The third-order valence-corrected chi connectivity index (χ3v) is 1.85. The van der Waals surface area contributed by atoms with Gasteiger partial charge in [-0.15, -0.1) is 22.9 Å². The summed E-state index contributed by atoms with van der Waals surface area (Å²) >= 11 is 0. The van der Waals surface area contributed by atoms with Gasteiger partial charge in [-0.3, -0.25) is 0 Å². The standard InChI is InChI=1S/C10H9O.2ClH.Hf/c1-11-10-6-5-8-3-2-4-9(8)7-10;;;/h2-7H,1H3;2*1H;/q-1;;;/p-2. The van der Waals surface area contributed by atoms with E-state index in [1.54, 1.807) is 7.11 Å². The summed E-state index contributed by atoms with van der Waals surface area (Å²) in [5.41, 5.74) is 0. The predicted molar refractivity (Wildman–Crippen MR) is 46.1 cm³/mol. The fourth-order valence-corrected chi connectivity index (χ4v) is 1.23. The monoisotopic (exact) mass is 395 g/mol. The van der Waals surface area contributed by atoms with Crippen LogP contribution in [0.4, 0.5) is 0 Å². The van der Waals surface area contributed by atoms with Crippen LogP contribution in [0, 0.1) is 0 Å². The minimum absolute atomic E-state index is 0. The van der Waals surface area contributed by atoms with Gasteiger partial charge in [-0.25, -0.2) is 0 Å². The molecule has 0 saturated heterocycles. The molecule has 1 nitrogen and oxygen atoms in total. The summed E-state index contributed by atoms with van der Waals surface area (Å²) in [5, 5.41) is 2.51. The van der Waals surface area contributed by atoms with Crippen molar-refractivity contribution >= 4 is 10.8 Å². The average Bonchev–Trinajstić information content (AvgIpc) is 2.50. The van der Waals surface area contributed by atoms with Crippen LogP contribution in [-0.4, -0.2) is 7.11 Å². The zero-order chi connectivity index (χ0) is 7.68. The van der Waals surface area contributed by atoms with Gasteiger partial charge in [0.05, 0.1) is 12.9 Å². The summed E-state index contributed by atoms with van der Waals surface area (Å²) in [6, 6.07) is 12.3. The van der Waals surface area contributed by atoms with E-state index in [1.807, 2.05) is 18.2 Å². The molecule has 0 unspecified atom stereocenters. The number of fused-ring (bicyclic) bond motifs is 1. The molecule has 0 amide bonds. The molecule has 0 saturated carbocycles. The van der Waals surface area contributed by atoms with Crippen molar-refractivity contribution in [3.05, 3.63) is 36.4 Å². The molecular formula is C10H9Cl2HfO-3. The number of rotatable bonds is 1. The molecule has 0 aromatic heterocycles. The Morgan fingerprint density at radius 2 is 1.86 bits per heavy atom. The fraction of sp³-hybridized carbons (Fsp3) is 0.100. The van der Waals surface area contributed by atoms with Gasteiger partial charge in [0.1, 0.15) is 0 Å². The van der Waals surface area contributed by atoms with E-state index in [2.05, 4.69) is 18.2 Å². The zero-order valence-corrected chi connectivity index (χ0v) is 12.7. The maximum absolute atomic E-state index is 5.09. The van der Waals surface area contributed by atoms with E-state index in [0.717, 1.165) is 5.75 Å².